The standard InChI is InChI=1S/C18H15N7O3/c1-11-14(10-19)16(26)25(12-4-6-13(28-2)7-5-12)24-15(11)22-18(27)23-17-20-8-3-9-21-17/h3-9H,1-2H3,(H2,20,21,22,23,24,27). The van der Waals surface area contributed by atoms with Crippen LogP contribution < -0.4 is 20.9 Å². The summed E-state index contributed by atoms with van der Waals surface area (Å²) < 4.78 is 6.14. The molecule has 0 radical (unpaired) electrons. The first kappa shape index (κ1) is 18.5. The Balaban J connectivity index is 1.98. The lowest BCUT2D eigenvalue weighted by Gasteiger charge is -2.13. The first-order valence-electron chi connectivity index (χ1n) is 8.07. The van der Waals surface area contributed by atoms with Crippen molar-refractivity contribution in [2.45, 2.75) is 6.92 Å². The number of amides is 2. The monoisotopic (exact) mass is 377 g/mol. The number of hydrogen-bond donors (Lipinski definition) is 2. The second kappa shape index (κ2) is 7.96. The number of urea groups is 1. The van der Waals surface area contributed by atoms with Gasteiger partial charge in [0.2, 0.25) is 5.95 Å². The van der Waals surface area contributed by atoms with Crippen molar-refractivity contribution in [3.8, 4) is 17.5 Å². The Hall–Kier alpha value is -4.26. The van der Waals surface area contributed by atoms with Gasteiger partial charge in [-0.2, -0.15) is 9.94 Å². The molecule has 0 saturated carbocycles. The zero-order valence-corrected chi connectivity index (χ0v) is 15.0. The Morgan fingerprint density at radius 1 is 1.18 bits per heavy atom. The van der Waals surface area contributed by atoms with Crippen molar-refractivity contribution in [2.75, 3.05) is 17.7 Å². The van der Waals surface area contributed by atoms with Crippen molar-refractivity contribution < 1.29 is 9.53 Å². The van der Waals surface area contributed by atoms with Crippen molar-refractivity contribution in [1.82, 2.24) is 19.7 Å². The highest BCUT2D eigenvalue weighted by atomic mass is 16.5. The number of aromatic nitrogens is 4. The third kappa shape index (κ3) is 3.78. The molecular weight excluding hydrogens is 362 g/mol. The minimum absolute atomic E-state index is 0.0559. The number of carbonyl (C=O) groups is 1. The minimum Gasteiger partial charge on any atom is -0.497 e. The number of nitrogens with zero attached hydrogens (tertiary/aromatic N) is 5. The van der Waals surface area contributed by atoms with Crippen molar-refractivity contribution >= 4 is 17.8 Å². The van der Waals surface area contributed by atoms with Crippen molar-refractivity contribution in [3.05, 3.63) is 64.2 Å². The van der Waals surface area contributed by atoms with Crippen LogP contribution >= 0.6 is 0 Å². The maximum absolute atomic E-state index is 12.6. The van der Waals surface area contributed by atoms with E-state index in [0.717, 1.165) is 4.68 Å². The van der Waals surface area contributed by atoms with E-state index in [1.807, 2.05) is 6.07 Å². The molecule has 0 fully saturated rings. The Morgan fingerprint density at radius 2 is 1.86 bits per heavy atom. The van der Waals surface area contributed by atoms with E-state index in [9.17, 15) is 14.9 Å². The molecule has 28 heavy (non-hydrogen) atoms. The molecule has 0 unspecified atom stereocenters. The van der Waals surface area contributed by atoms with Crippen LogP contribution in [0.1, 0.15) is 11.1 Å². The van der Waals surface area contributed by atoms with Crippen LogP contribution in [0.4, 0.5) is 16.6 Å². The molecule has 0 aliphatic carbocycles. The highest BCUT2D eigenvalue weighted by Crippen LogP contribution is 2.17. The van der Waals surface area contributed by atoms with Crippen LogP contribution in [0.2, 0.25) is 0 Å². The zero-order chi connectivity index (χ0) is 20.1. The summed E-state index contributed by atoms with van der Waals surface area (Å²) in [6, 6.07) is 9.36. The topological polar surface area (TPSA) is 135 Å². The number of anilines is 2. The maximum Gasteiger partial charge on any atom is 0.327 e. The number of nitriles is 1. The van der Waals surface area contributed by atoms with Crippen molar-refractivity contribution in [1.29, 1.82) is 5.26 Å². The summed E-state index contributed by atoms with van der Waals surface area (Å²) in [6.45, 7) is 1.53. The van der Waals surface area contributed by atoms with Gasteiger partial charge in [0.05, 0.1) is 12.8 Å². The lowest BCUT2D eigenvalue weighted by Crippen LogP contribution is -2.29. The minimum atomic E-state index is -0.661. The van der Waals surface area contributed by atoms with Gasteiger partial charge in [0, 0.05) is 18.0 Å². The lowest BCUT2D eigenvalue weighted by atomic mass is 10.2. The second-order valence-corrected chi connectivity index (χ2v) is 5.53. The molecule has 10 nitrogen and oxygen atoms in total. The van der Waals surface area contributed by atoms with Gasteiger partial charge in [-0.25, -0.2) is 14.8 Å². The number of benzene rings is 1. The quantitative estimate of drug-likeness (QED) is 0.708. The average Bonchev–Trinajstić information content (AvgIpc) is 2.71. The summed E-state index contributed by atoms with van der Waals surface area (Å²) in [6.07, 6.45) is 2.95. The van der Waals surface area contributed by atoms with Crippen LogP contribution in [0.3, 0.4) is 0 Å². The summed E-state index contributed by atoms with van der Waals surface area (Å²) >= 11 is 0. The van der Waals surface area contributed by atoms with E-state index in [2.05, 4.69) is 25.7 Å². The summed E-state index contributed by atoms with van der Waals surface area (Å²) in [7, 11) is 1.52. The molecule has 2 amide bonds. The zero-order valence-electron chi connectivity index (χ0n) is 15.0. The van der Waals surface area contributed by atoms with Crippen LogP contribution in [0.25, 0.3) is 5.69 Å². The fraction of sp³-hybridized carbons (Fsp3) is 0.111. The first-order valence-corrected chi connectivity index (χ1v) is 8.07. The van der Waals surface area contributed by atoms with Crippen LogP contribution in [-0.2, 0) is 0 Å². The summed E-state index contributed by atoms with van der Waals surface area (Å²) in [5, 5.41) is 18.5. The van der Waals surface area contributed by atoms with Gasteiger partial charge in [-0.05, 0) is 37.3 Å². The third-order valence-corrected chi connectivity index (χ3v) is 3.79. The van der Waals surface area contributed by atoms with Gasteiger partial charge in [0.25, 0.3) is 5.56 Å². The van der Waals surface area contributed by atoms with E-state index in [1.54, 1.807) is 30.3 Å². The van der Waals surface area contributed by atoms with E-state index >= 15 is 0 Å². The molecule has 3 rings (SSSR count). The first-order chi connectivity index (χ1) is 13.5. The van der Waals surface area contributed by atoms with E-state index in [1.165, 1.54) is 26.4 Å². The molecule has 10 heteroatoms. The molecule has 2 heterocycles. The van der Waals surface area contributed by atoms with Crippen molar-refractivity contribution in [2.24, 2.45) is 0 Å². The Labute approximate surface area is 159 Å². The SMILES string of the molecule is COc1ccc(-n2nc(NC(=O)Nc3ncccn3)c(C)c(C#N)c2=O)cc1. The lowest BCUT2D eigenvalue weighted by molar-refractivity contribution is 0.262. The highest BCUT2D eigenvalue weighted by Gasteiger charge is 2.17. The number of rotatable bonds is 4. The molecule has 140 valence electrons. The molecule has 0 saturated heterocycles. The predicted octanol–water partition coefficient (Wildman–Crippen LogP) is 1.86. The smallest absolute Gasteiger partial charge is 0.327 e. The Bertz CT molecular complexity index is 1100. The fourth-order valence-electron chi connectivity index (χ4n) is 2.36. The van der Waals surface area contributed by atoms with Crippen LogP contribution in [0.15, 0.2) is 47.5 Å². The van der Waals surface area contributed by atoms with Crippen LogP contribution in [-0.4, -0.2) is 32.9 Å². The molecule has 2 aromatic heterocycles. The van der Waals surface area contributed by atoms with Gasteiger partial charge in [-0.1, -0.05) is 0 Å². The Morgan fingerprint density at radius 3 is 2.46 bits per heavy atom. The molecule has 0 aliphatic rings. The number of methoxy groups -OCH3 is 1. The Kier molecular flexibility index (Phi) is 5.27. The van der Waals surface area contributed by atoms with E-state index in [-0.39, 0.29) is 22.9 Å². The third-order valence-electron chi connectivity index (χ3n) is 3.79. The number of ether oxygens (including phenoxy) is 1. The van der Waals surface area contributed by atoms with Gasteiger partial charge in [-0.15, -0.1) is 5.10 Å². The van der Waals surface area contributed by atoms with Gasteiger partial charge >= 0.3 is 6.03 Å². The normalized spacial score (nSPS) is 10.0. The molecular formula is C18H15N7O3. The average molecular weight is 377 g/mol. The molecule has 0 spiro atoms. The molecule has 2 N–H and O–H groups in total. The maximum atomic E-state index is 12.6. The molecule has 0 aliphatic heterocycles. The molecule has 3 aromatic rings. The van der Waals surface area contributed by atoms with Crippen molar-refractivity contribution in [3.63, 3.8) is 0 Å². The van der Waals surface area contributed by atoms with E-state index < -0.39 is 11.6 Å². The molecule has 0 atom stereocenters. The predicted molar refractivity (Wildman–Crippen MR) is 101 cm³/mol. The van der Waals surface area contributed by atoms with E-state index in [0.29, 0.717) is 11.4 Å². The van der Waals surface area contributed by atoms with Gasteiger partial charge in [0.1, 0.15) is 17.4 Å². The number of hydrogen-bond acceptors (Lipinski definition) is 7. The van der Waals surface area contributed by atoms with Gasteiger partial charge in [-0.3, -0.25) is 15.4 Å². The van der Waals surface area contributed by atoms with Crippen LogP contribution in [0.5, 0.6) is 5.75 Å². The largest absolute Gasteiger partial charge is 0.497 e. The number of nitrogens with one attached hydrogen (secondary N) is 2. The van der Waals surface area contributed by atoms with E-state index in [4.69, 9.17) is 4.74 Å². The van der Waals surface area contributed by atoms with Gasteiger partial charge in [0.15, 0.2) is 5.82 Å². The van der Waals surface area contributed by atoms with Gasteiger partial charge < -0.3 is 4.74 Å². The summed E-state index contributed by atoms with van der Waals surface area (Å²) in [4.78, 5) is 32.6. The highest BCUT2D eigenvalue weighted by molar-refractivity contribution is 5.98. The fourth-order valence-corrected chi connectivity index (χ4v) is 2.36. The summed E-state index contributed by atoms with van der Waals surface area (Å²) in [5.74, 6) is 0.757. The summed E-state index contributed by atoms with van der Waals surface area (Å²) in [5.41, 5.74) is -0.0573. The molecule has 0 bridgehead atoms. The van der Waals surface area contributed by atoms with Crippen LogP contribution in [0, 0.1) is 18.3 Å². The second-order valence-electron chi connectivity index (χ2n) is 5.53. The number of carbonyl (C=O) groups excluding carboxylic acids is 1. The molecule has 1 aromatic carbocycles.